The maximum Gasteiger partial charge on any atom is 0.158 e. The number of piperidine rings is 1. The van der Waals surface area contributed by atoms with Gasteiger partial charge in [-0.3, -0.25) is 4.79 Å². The zero-order valence-corrected chi connectivity index (χ0v) is 7.38. The third kappa shape index (κ3) is 1.39. The van der Waals surface area contributed by atoms with E-state index in [9.17, 15) is 4.79 Å². The molecule has 0 aliphatic carbocycles. The van der Waals surface area contributed by atoms with Gasteiger partial charge in [0.15, 0.2) is 5.78 Å². The van der Waals surface area contributed by atoms with Crippen LogP contribution in [0.2, 0.25) is 0 Å². The summed E-state index contributed by atoms with van der Waals surface area (Å²) in [5.41, 5.74) is 0. The van der Waals surface area contributed by atoms with E-state index in [0.29, 0.717) is 31.0 Å². The summed E-state index contributed by atoms with van der Waals surface area (Å²) >= 11 is 0. The first-order chi connectivity index (χ1) is 5.77. The number of Topliss-reactive ketones (excluding diaryl/α,β-unsaturated/α-hetero) is 1. The zero-order chi connectivity index (χ0) is 8.55. The lowest BCUT2D eigenvalue weighted by Gasteiger charge is -2.39. The quantitative estimate of drug-likeness (QED) is 0.563. The molecule has 2 rings (SSSR count). The van der Waals surface area contributed by atoms with Gasteiger partial charge in [0.25, 0.3) is 0 Å². The number of nitrogens with one attached hydrogen (secondary N) is 1. The molecule has 0 aromatic heterocycles. The van der Waals surface area contributed by atoms with Crippen LogP contribution >= 0.6 is 0 Å². The molecule has 3 nitrogen and oxygen atoms in total. The van der Waals surface area contributed by atoms with Crippen LogP contribution in [0.3, 0.4) is 0 Å². The number of rotatable bonds is 0. The van der Waals surface area contributed by atoms with E-state index in [1.807, 2.05) is 0 Å². The lowest BCUT2D eigenvalue weighted by atomic mass is 9.83. The van der Waals surface area contributed by atoms with Gasteiger partial charge in [0, 0.05) is 25.4 Å². The molecule has 0 aromatic carbocycles. The van der Waals surface area contributed by atoms with Crippen molar-refractivity contribution in [1.29, 1.82) is 0 Å². The van der Waals surface area contributed by atoms with E-state index in [2.05, 4.69) is 12.2 Å². The van der Waals surface area contributed by atoms with Crippen molar-refractivity contribution in [3.05, 3.63) is 0 Å². The molecule has 2 fully saturated rings. The largest absolute Gasteiger partial charge is 0.370 e. The fourth-order valence-electron chi connectivity index (χ4n) is 2.22. The van der Waals surface area contributed by atoms with Crippen molar-refractivity contribution in [1.82, 2.24) is 5.32 Å². The van der Waals surface area contributed by atoms with Gasteiger partial charge in [0.1, 0.15) is 6.61 Å². The van der Waals surface area contributed by atoms with Gasteiger partial charge in [0.05, 0.1) is 6.10 Å². The van der Waals surface area contributed by atoms with Crippen molar-refractivity contribution in [2.75, 3.05) is 19.7 Å². The van der Waals surface area contributed by atoms with E-state index < -0.39 is 0 Å². The Hall–Kier alpha value is -0.410. The molecule has 0 radical (unpaired) electrons. The second kappa shape index (κ2) is 3.15. The highest BCUT2D eigenvalue weighted by atomic mass is 16.5. The van der Waals surface area contributed by atoms with Crippen LogP contribution in [0.1, 0.15) is 13.3 Å². The topological polar surface area (TPSA) is 38.3 Å². The Morgan fingerprint density at radius 2 is 2.33 bits per heavy atom. The summed E-state index contributed by atoms with van der Waals surface area (Å²) < 4.78 is 5.52. The molecule has 2 saturated heterocycles. The van der Waals surface area contributed by atoms with Gasteiger partial charge in [-0.05, 0) is 5.92 Å². The van der Waals surface area contributed by atoms with Crippen molar-refractivity contribution in [3.63, 3.8) is 0 Å². The second-order valence-corrected chi connectivity index (χ2v) is 3.91. The van der Waals surface area contributed by atoms with Gasteiger partial charge in [-0.1, -0.05) is 6.92 Å². The summed E-state index contributed by atoms with van der Waals surface area (Å²) in [6, 6.07) is 0. The molecule has 1 N–H and O–H groups in total. The highest BCUT2D eigenvalue weighted by Crippen LogP contribution is 2.26. The summed E-state index contributed by atoms with van der Waals surface area (Å²) in [5, 5.41) is 3.32. The highest BCUT2D eigenvalue weighted by Gasteiger charge is 2.36. The minimum atomic E-state index is 0.257. The van der Waals surface area contributed by atoms with Gasteiger partial charge >= 0.3 is 0 Å². The molecule has 2 heterocycles. The zero-order valence-electron chi connectivity index (χ0n) is 7.38. The normalized spacial score (nSPS) is 42.4. The summed E-state index contributed by atoms with van der Waals surface area (Å²) in [4.78, 5) is 11.1. The highest BCUT2D eigenvalue weighted by molar-refractivity contribution is 5.80. The number of fused-ring (bicyclic) bond motifs is 1. The molecule has 0 saturated carbocycles. The molecule has 0 unspecified atom stereocenters. The van der Waals surface area contributed by atoms with E-state index in [0.717, 1.165) is 13.1 Å². The maximum atomic E-state index is 11.1. The van der Waals surface area contributed by atoms with Crippen molar-refractivity contribution in [3.8, 4) is 0 Å². The van der Waals surface area contributed by atoms with E-state index >= 15 is 0 Å². The SMILES string of the molecule is C[C@@H]1CNC[C@H]2CC(=O)CO[C@H]21. The molecular weight excluding hydrogens is 154 g/mol. The Morgan fingerprint density at radius 3 is 3.17 bits per heavy atom. The third-order valence-corrected chi connectivity index (χ3v) is 2.82. The lowest BCUT2D eigenvalue weighted by Crippen LogP contribution is -2.51. The molecule has 0 aromatic rings. The van der Waals surface area contributed by atoms with Crippen LogP contribution in [0.15, 0.2) is 0 Å². The van der Waals surface area contributed by atoms with Gasteiger partial charge in [-0.25, -0.2) is 0 Å². The molecule has 3 atom stereocenters. The van der Waals surface area contributed by atoms with Crippen LogP contribution in [0.5, 0.6) is 0 Å². The predicted octanol–water partition coefficient (Wildman–Crippen LogP) is 0.200. The molecule has 0 amide bonds. The standard InChI is InChI=1S/C9H15NO2/c1-6-3-10-4-7-2-8(11)5-12-9(6)7/h6-7,9-10H,2-5H2,1H3/t6-,7-,9+/m1/s1. The van der Waals surface area contributed by atoms with Crippen molar-refractivity contribution in [2.45, 2.75) is 19.4 Å². The molecule has 2 aliphatic heterocycles. The number of carbonyl (C=O) groups excluding carboxylic acids is 1. The smallest absolute Gasteiger partial charge is 0.158 e. The summed E-state index contributed by atoms with van der Waals surface area (Å²) in [5.74, 6) is 1.24. The van der Waals surface area contributed by atoms with Crippen LogP contribution in [-0.2, 0) is 9.53 Å². The second-order valence-electron chi connectivity index (χ2n) is 3.91. The van der Waals surface area contributed by atoms with E-state index in [1.54, 1.807) is 0 Å². The van der Waals surface area contributed by atoms with Gasteiger partial charge < -0.3 is 10.1 Å². The number of carbonyl (C=O) groups is 1. The summed E-state index contributed by atoms with van der Waals surface area (Å²) in [6.45, 7) is 4.49. The van der Waals surface area contributed by atoms with E-state index in [4.69, 9.17) is 4.74 Å². The van der Waals surface area contributed by atoms with Crippen LogP contribution in [0, 0.1) is 11.8 Å². The molecule has 3 heteroatoms. The maximum absolute atomic E-state index is 11.1. The summed E-state index contributed by atoms with van der Waals surface area (Å²) in [6.07, 6.45) is 1.03. The minimum Gasteiger partial charge on any atom is -0.370 e. The Balaban J connectivity index is 2.04. The van der Waals surface area contributed by atoms with Crippen LogP contribution < -0.4 is 5.32 Å². The predicted molar refractivity (Wildman–Crippen MR) is 44.9 cm³/mol. The van der Waals surface area contributed by atoms with E-state index in [1.165, 1.54) is 0 Å². The van der Waals surface area contributed by atoms with Gasteiger partial charge in [-0.2, -0.15) is 0 Å². The molecule has 2 aliphatic rings. The first-order valence-corrected chi connectivity index (χ1v) is 4.61. The Labute approximate surface area is 72.5 Å². The van der Waals surface area contributed by atoms with E-state index in [-0.39, 0.29) is 5.78 Å². The Bertz CT molecular complexity index is 193. The molecule has 0 spiro atoms. The molecule has 68 valence electrons. The number of ketones is 1. The number of hydrogen-bond donors (Lipinski definition) is 1. The van der Waals surface area contributed by atoms with Crippen molar-refractivity contribution in [2.24, 2.45) is 11.8 Å². The average Bonchev–Trinajstić information content (AvgIpc) is 2.04. The number of ether oxygens (including phenoxy) is 1. The van der Waals surface area contributed by atoms with Crippen molar-refractivity contribution >= 4 is 5.78 Å². The van der Waals surface area contributed by atoms with Gasteiger partial charge in [-0.15, -0.1) is 0 Å². The monoisotopic (exact) mass is 169 g/mol. The van der Waals surface area contributed by atoms with Crippen LogP contribution in [0.4, 0.5) is 0 Å². The fourth-order valence-corrected chi connectivity index (χ4v) is 2.22. The first kappa shape index (κ1) is 8.20. The minimum absolute atomic E-state index is 0.257. The van der Waals surface area contributed by atoms with Crippen LogP contribution in [-0.4, -0.2) is 31.6 Å². The lowest BCUT2D eigenvalue weighted by molar-refractivity contribution is -0.141. The van der Waals surface area contributed by atoms with Crippen LogP contribution in [0.25, 0.3) is 0 Å². The Morgan fingerprint density at radius 1 is 1.50 bits per heavy atom. The molecule has 12 heavy (non-hydrogen) atoms. The molecular formula is C9H15NO2. The van der Waals surface area contributed by atoms with Gasteiger partial charge in [0.2, 0.25) is 0 Å². The number of hydrogen-bond acceptors (Lipinski definition) is 3. The molecule has 0 bridgehead atoms. The third-order valence-electron chi connectivity index (χ3n) is 2.82. The summed E-state index contributed by atoms with van der Waals surface area (Å²) in [7, 11) is 0. The average molecular weight is 169 g/mol. The Kier molecular flexibility index (Phi) is 2.15. The fraction of sp³-hybridized carbons (Fsp3) is 0.889. The van der Waals surface area contributed by atoms with Crippen molar-refractivity contribution < 1.29 is 9.53 Å². The first-order valence-electron chi connectivity index (χ1n) is 4.61.